The summed E-state index contributed by atoms with van der Waals surface area (Å²) in [5.41, 5.74) is 0.187. The Hall–Kier alpha value is -1.84. The molecule has 1 N–H and O–H groups in total. The van der Waals surface area contributed by atoms with Gasteiger partial charge in [0.15, 0.2) is 0 Å². The predicted octanol–water partition coefficient (Wildman–Crippen LogP) is 7.16. The first-order valence-corrected chi connectivity index (χ1v) is 11.2. The Kier molecular flexibility index (Phi) is 14.0. The van der Waals surface area contributed by atoms with Gasteiger partial charge in [0, 0.05) is 6.42 Å². The second-order valence-corrected chi connectivity index (χ2v) is 7.65. The van der Waals surface area contributed by atoms with E-state index in [0.717, 1.165) is 12.8 Å². The van der Waals surface area contributed by atoms with E-state index in [0.29, 0.717) is 12.2 Å². The van der Waals surface area contributed by atoms with Crippen LogP contribution in [-0.4, -0.2) is 17.0 Å². The van der Waals surface area contributed by atoms with Gasteiger partial charge in [-0.25, -0.2) is 4.79 Å². The molecule has 4 heteroatoms. The summed E-state index contributed by atoms with van der Waals surface area (Å²) >= 11 is 0. The van der Waals surface area contributed by atoms with E-state index >= 15 is 0 Å². The van der Waals surface area contributed by atoms with Crippen LogP contribution in [0.2, 0.25) is 0 Å². The molecule has 0 saturated heterocycles. The van der Waals surface area contributed by atoms with Gasteiger partial charge in [0.1, 0.15) is 5.75 Å². The van der Waals surface area contributed by atoms with Gasteiger partial charge in [-0.2, -0.15) is 0 Å². The van der Waals surface area contributed by atoms with Crippen LogP contribution in [0, 0.1) is 0 Å². The highest BCUT2D eigenvalue weighted by Gasteiger charge is 2.06. The molecule has 0 amide bonds. The van der Waals surface area contributed by atoms with Gasteiger partial charge in [-0.05, 0) is 30.7 Å². The van der Waals surface area contributed by atoms with E-state index in [1.54, 1.807) is 0 Å². The van der Waals surface area contributed by atoms with Crippen molar-refractivity contribution < 1.29 is 19.4 Å². The first kappa shape index (κ1) is 24.2. The monoisotopic (exact) mass is 390 g/mol. The van der Waals surface area contributed by atoms with Crippen LogP contribution < -0.4 is 4.74 Å². The molecule has 0 bridgehead atoms. The fourth-order valence-corrected chi connectivity index (χ4v) is 3.31. The van der Waals surface area contributed by atoms with Gasteiger partial charge in [0.2, 0.25) is 0 Å². The molecule has 0 aliphatic carbocycles. The van der Waals surface area contributed by atoms with Crippen molar-refractivity contribution in [3.8, 4) is 5.75 Å². The molecule has 0 spiro atoms. The summed E-state index contributed by atoms with van der Waals surface area (Å²) in [7, 11) is 0. The molecular weight excluding hydrogens is 352 g/mol. The lowest BCUT2D eigenvalue weighted by Crippen LogP contribution is -2.07. The molecule has 0 aliphatic heterocycles. The minimum atomic E-state index is -0.986. The van der Waals surface area contributed by atoms with Gasteiger partial charge < -0.3 is 9.84 Å². The minimum absolute atomic E-state index is 0.187. The average molecular weight is 391 g/mol. The van der Waals surface area contributed by atoms with Crippen molar-refractivity contribution in [2.24, 2.45) is 0 Å². The van der Waals surface area contributed by atoms with Crippen LogP contribution in [0.25, 0.3) is 0 Å². The van der Waals surface area contributed by atoms with Crippen molar-refractivity contribution in [2.75, 3.05) is 0 Å². The highest BCUT2D eigenvalue weighted by molar-refractivity contribution is 5.87. The Morgan fingerprint density at radius 2 is 1.14 bits per heavy atom. The Balaban J connectivity index is 1.90. The molecule has 0 heterocycles. The van der Waals surface area contributed by atoms with Crippen LogP contribution in [0.15, 0.2) is 24.3 Å². The van der Waals surface area contributed by atoms with E-state index in [1.165, 1.54) is 101 Å². The number of rotatable bonds is 17. The van der Waals surface area contributed by atoms with Crippen LogP contribution in [0.5, 0.6) is 5.75 Å². The predicted molar refractivity (Wildman–Crippen MR) is 114 cm³/mol. The Morgan fingerprint density at radius 1 is 0.714 bits per heavy atom. The second kappa shape index (κ2) is 16.1. The number of benzene rings is 1. The lowest BCUT2D eigenvalue weighted by Gasteiger charge is -2.05. The average Bonchev–Trinajstić information content (AvgIpc) is 2.68. The van der Waals surface area contributed by atoms with Crippen molar-refractivity contribution in [3.05, 3.63) is 29.8 Å². The highest BCUT2D eigenvalue weighted by atomic mass is 16.5. The van der Waals surface area contributed by atoms with Gasteiger partial charge in [-0.3, -0.25) is 4.79 Å². The zero-order chi connectivity index (χ0) is 20.5. The topological polar surface area (TPSA) is 63.6 Å². The molecule has 28 heavy (non-hydrogen) atoms. The zero-order valence-electron chi connectivity index (χ0n) is 17.6. The molecule has 1 aromatic rings. The Bertz CT molecular complexity index is 536. The number of aromatic carboxylic acids is 1. The maximum Gasteiger partial charge on any atom is 0.335 e. The van der Waals surface area contributed by atoms with Crippen molar-refractivity contribution in [1.82, 2.24) is 0 Å². The van der Waals surface area contributed by atoms with Gasteiger partial charge in [-0.1, -0.05) is 90.4 Å². The van der Waals surface area contributed by atoms with Crippen molar-refractivity contribution >= 4 is 11.9 Å². The van der Waals surface area contributed by atoms with Gasteiger partial charge in [0.25, 0.3) is 0 Å². The zero-order valence-corrected chi connectivity index (χ0v) is 17.6. The number of unbranched alkanes of at least 4 members (excludes halogenated alkanes) is 13. The smallest absolute Gasteiger partial charge is 0.335 e. The number of hydrogen-bond donors (Lipinski definition) is 1. The van der Waals surface area contributed by atoms with Crippen molar-refractivity contribution in [1.29, 1.82) is 0 Å². The molecule has 158 valence electrons. The molecule has 0 fully saturated rings. The molecule has 0 unspecified atom stereocenters. The number of ether oxygens (including phenoxy) is 1. The number of carbonyl (C=O) groups is 2. The normalized spacial score (nSPS) is 10.8. The summed E-state index contributed by atoms with van der Waals surface area (Å²) in [4.78, 5) is 22.6. The van der Waals surface area contributed by atoms with E-state index in [2.05, 4.69) is 6.92 Å². The fraction of sp³-hybridized carbons (Fsp3) is 0.667. The van der Waals surface area contributed by atoms with Gasteiger partial charge >= 0.3 is 11.9 Å². The van der Waals surface area contributed by atoms with Gasteiger partial charge in [-0.15, -0.1) is 0 Å². The molecule has 0 aromatic heterocycles. The third kappa shape index (κ3) is 12.5. The fourth-order valence-electron chi connectivity index (χ4n) is 3.31. The molecule has 1 aromatic carbocycles. The van der Waals surface area contributed by atoms with E-state index < -0.39 is 5.97 Å². The molecular formula is C24H38O4. The maximum absolute atomic E-state index is 11.8. The molecule has 0 saturated carbocycles. The molecule has 0 atom stereocenters. The summed E-state index contributed by atoms with van der Waals surface area (Å²) in [6, 6.07) is 5.92. The van der Waals surface area contributed by atoms with Crippen molar-refractivity contribution in [3.63, 3.8) is 0 Å². The molecule has 4 nitrogen and oxygen atoms in total. The number of carbonyl (C=O) groups excluding carboxylic acids is 1. The van der Waals surface area contributed by atoms with E-state index in [1.807, 2.05) is 0 Å². The summed E-state index contributed by atoms with van der Waals surface area (Å²) in [5.74, 6) is -0.831. The summed E-state index contributed by atoms with van der Waals surface area (Å²) in [6.45, 7) is 2.26. The molecule has 1 rings (SSSR count). The number of hydrogen-bond acceptors (Lipinski definition) is 3. The van der Waals surface area contributed by atoms with Crippen LogP contribution in [0.1, 0.15) is 114 Å². The molecule has 0 radical (unpaired) electrons. The van der Waals surface area contributed by atoms with Crippen LogP contribution >= 0.6 is 0 Å². The summed E-state index contributed by atoms with van der Waals surface area (Å²) < 4.78 is 5.23. The molecule has 0 aliphatic rings. The third-order valence-electron chi connectivity index (χ3n) is 5.07. The van der Waals surface area contributed by atoms with Crippen LogP contribution in [0.3, 0.4) is 0 Å². The number of carboxylic acids is 1. The highest BCUT2D eigenvalue weighted by Crippen LogP contribution is 2.15. The number of carboxylic acid groups (broad SMARTS) is 1. The first-order valence-electron chi connectivity index (χ1n) is 11.2. The van der Waals surface area contributed by atoms with Crippen LogP contribution in [0.4, 0.5) is 0 Å². The first-order chi connectivity index (χ1) is 13.6. The third-order valence-corrected chi connectivity index (χ3v) is 5.07. The van der Waals surface area contributed by atoms with Crippen LogP contribution in [-0.2, 0) is 4.79 Å². The Morgan fingerprint density at radius 3 is 1.57 bits per heavy atom. The lowest BCUT2D eigenvalue weighted by atomic mass is 10.0. The largest absolute Gasteiger partial charge is 0.478 e. The Labute approximate surface area is 170 Å². The lowest BCUT2D eigenvalue weighted by molar-refractivity contribution is -0.134. The maximum atomic E-state index is 11.8. The summed E-state index contributed by atoms with van der Waals surface area (Å²) in [6.07, 6.45) is 18.5. The number of esters is 1. The minimum Gasteiger partial charge on any atom is -0.478 e. The quantitative estimate of drug-likeness (QED) is 0.174. The SMILES string of the molecule is CCCCCCCCCCCCCCCCC(=O)Oc1ccc(C(=O)O)cc1. The standard InChI is InChI=1S/C24H38O4/c1-2-3-4-5-6-7-8-9-10-11-12-13-14-15-16-23(25)28-22-19-17-21(18-20-22)24(26)27/h17-20H,2-16H2,1H3,(H,26,27). The second-order valence-electron chi connectivity index (χ2n) is 7.65. The summed E-state index contributed by atoms with van der Waals surface area (Å²) in [5, 5.41) is 8.84. The van der Waals surface area contributed by atoms with E-state index in [-0.39, 0.29) is 11.5 Å². The van der Waals surface area contributed by atoms with Gasteiger partial charge in [0.05, 0.1) is 5.56 Å². The van der Waals surface area contributed by atoms with E-state index in [9.17, 15) is 9.59 Å². The van der Waals surface area contributed by atoms with Crippen molar-refractivity contribution in [2.45, 2.75) is 103 Å². The van der Waals surface area contributed by atoms with E-state index in [4.69, 9.17) is 9.84 Å².